The van der Waals surface area contributed by atoms with Crippen molar-refractivity contribution in [2.75, 3.05) is 6.54 Å². The number of hydrogen-bond acceptors (Lipinski definition) is 11. The Bertz CT molecular complexity index is 2240. The highest BCUT2D eigenvalue weighted by molar-refractivity contribution is 7.91. The van der Waals surface area contributed by atoms with Crippen LogP contribution in [0.5, 0.6) is 6.01 Å². The molecule has 1 saturated heterocycles. The molecule has 15 nitrogen and oxygen atoms in total. The summed E-state index contributed by atoms with van der Waals surface area (Å²) in [4.78, 5) is 67.5. The Labute approximate surface area is 350 Å². The number of para-hydroxylation sites is 1. The Morgan fingerprint density at radius 1 is 1.05 bits per heavy atom. The average Bonchev–Trinajstić information content (AvgIpc) is 3.96. The lowest BCUT2D eigenvalue weighted by molar-refractivity contribution is -0.141. The maximum atomic E-state index is 14.7. The molecule has 0 bridgehead atoms. The van der Waals surface area contributed by atoms with Crippen molar-refractivity contribution in [2.24, 2.45) is 5.92 Å². The highest BCUT2D eigenvalue weighted by Crippen LogP contribution is 2.46. The molecular weight excluding hydrogens is 795 g/mol. The van der Waals surface area contributed by atoms with Crippen LogP contribution in [0.2, 0.25) is 0 Å². The van der Waals surface area contributed by atoms with Gasteiger partial charge in [-0.05, 0) is 91.2 Å². The average molecular weight is 852 g/mol. The van der Waals surface area contributed by atoms with Gasteiger partial charge in [-0.15, -0.1) is 11.3 Å². The maximum Gasteiger partial charge on any atom is 0.408 e. The van der Waals surface area contributed by atoms with Gasteiger partial charge in [0.25, 0.3) is 11.9 Å². The fourth-order valence-corrected chi connectivity index (χ4v) is 10.3. The summed E-state index contributed by atoms with van der Waals surface area (Å²) in [6.07, 6.45) is 6.76. The first-order chi connectivity index (χ1) is 27.9. The number of ether oxygens (including phenoxy) is 2. The van der Waals surface area contributed by atoms with Crippen LogP contribution >= 0.6 is 11.3 Å². The predicted molar refractivity (Wildman–Crippen MR) is 224 cm³/mol. The Morgan fingerprint density at radius 3 is 2.49 bits per heavy atom. The van der Waals surface area contributed by atoms with Crippen molar-refractivity contribution in [3.63, 3.8) is 0 Å². The summed E-state index contributed by atoms with van der Waals surface area (Å²) in [5.41, 5.74) is 1.11. The van der Waals surface area contributed by atoms with E-state index in [2.05, 4.69) is 34.6 Å². The number of nitrogens with one attached hydrogen (secondary N) is 3. The van der Waals surface area contributed by atoms with E-state index < -0.39 is 74.3 Å². The summed E-state index contributed by atoms with van der Waals surface area (Å²) in [5.74, 6) is -2.05. The van der Waals surface area contributed by atoms with Crippen LogP contribution in [0.25, 0.3) is 21.6 Å². The van der Waals surface area contributed by atoms with Crippen LogP contribution in [0.4, 0.5) is 4.79 Å². The van der Waals surface area contributed by atoms with Crippen LogP contribution in [0.1, 0.15) is 124 Å². The molecule has 0 spiro atoms. The van der Waals surface area contributed by atoms with E-state index >= 15 is 0 Å². The number of fused-ring (bicyclic) bond motifs is 3. The molecule has 2 aromatic heterocycles. The van der Waals surface area contributed by atoms with Crippen LogP contribution in [0, 0.1) is 5.92 Å². The van der Waals surface area contributed by atoms with Gasteiger partial charge in [-0.2, -0.15) is 4.98 Å². The number of amides is 4. The first-order valence-corrected chi connectivity index (χ1v) is 23.3. The number of nitrogens with zero attached hydrogens (tertiary/aromatic N) is 4. The zero-order valence-corrected chi connectivity index (χ0v) is 36.6. The van der Waals surface area contributed by atoms with Crippen LogP contribution in [-0.2, 0) is 29.1 Å². The third-order valence-electron chi connectivity index (χ3n) is 11.4. The Morgan fingerprint density at radius 2 is 1.81 bits per heavy atom. The molecule has 59 heavy (non-hydrogen) atoms. The molecule has 3 fully saturated rings. The van der Waals surface area contributed by atoms with Crippen molar-refractivity contribution >= 4 is 56.2 Å². The second-order valence-electron chi connectivity index (χ2n) is 18.0. The number of imidazole rings is 1. The smallest absolute Gasteiger partial charge is 0.408 e. The molecule has 2 saturated carbocycles. The van der Waals surface area contributed by atoms with Crippen LogP contribution in [-0.4, -0.2) is 92.8 Å². The molecule has 320 valence electrons. The molecule has 3 aromatic rings. The van der Waals surface area contributed by atoms with Gasteiger partial charge in [0.2, 0.25) is 21.8 Å². The molecule has 5 atom stereocenters. The van der Waals surface area contributed by atoms with Crippen molar-refractivity contribution in [1.82, 2.24) is 34.8 Å². The number of rotatable bonds is 9. The molecule has 4 aliphatic rings. The van der Waals surface area contributed by atoms with E-state index in [4.69, 9.17) is 19.4 Å². The summed E-state index contributed by atoms with van der Waals surface area (Å²) in [5, 5.41) is 7.96. The summed E-state index contributed by atoms with van der Waals surface area (Å²) in [6.45, 7) is 13.5. The Balaban J connectivity index is 1.22. The second kappa shape index (κ2) is 16.5. The van der Waals surface area contributed by atoms with Crippen molar-refractivity contribution in [2.45, 2.75) is 153 Å². The minimum atomic E-state index is -3.90. The van der Waals surface area contributed by atoms with Gasteiger partial charge in [0.1, 0.15) is 39.9 Å². The largest absolute Gasteiger partial charge is 0.459 e. The van der Waals surface area contributed by atoms with E-state index in [1.54, 1.807) is 32.1 Å². The fraction of sp³-hybridized carbons (Fsp3) is 0.619. The van der Waals surface area contributed by atoms with Crippen LogP contribution < -0.4 is 20.1 Å². The molecular formula is C42H57N7O8S2. The Kier molecular flexibility index (Phi) is 11.9. The minimum Gasteiger partial charge on any atom is -0.459 e. The third-order valence-corrected chi connectivity index (χ3v) is 14.1. The number of alkyl carbamates (subject to hydrolysis) is 1. The predicted octanol–water partition coefficient (Wildman–Crippen LogP) is 6.11. The first kappa shape index (κ1) is 42.6. The number of allylic oxidation sites excluding steroid dienone is 1. The highest BCUT2D eigenvalue weighted by atomic mass is 32.2. The van der Waals surface area contributed by atoms with Gasteiger partial charge in [-0.1, -0.05) is 44.9 Å². The summed E-state index contributed by atoms with van der Waals surface area (Å²) < 4.78 is 42.3. The summed E-state index contributed by atoms with van der Waals surface area (Å²) in [7, 11) is -3.90. The van der Waals surface area contributed by atoms with Crippen molar-refractivity contribution in [3.8, 4) is 16.6 Å². The lowest BCUT2D eigenvalue weighted by Crippen LogP contribution is -2.58. The van der Waals surface area contributed by atoms with Gasteiger partial charge in [0, 0.05) is 29.3 Å². The van der Waals surface area contributed by atoms with Gasteiger partial charge in [0.05, 0.1) is 23.0 Å². The van der Waals surface area contributed by atoms with Crippen molar-refractivity contribution in [3.05, 3.63) is 41.4 Å². The molecule has 0 unspecified atom stereocenters. The minimum absolute atomic E-state index is 0.0135. The van der Waals surface area contributed by atoms with E-state index in [-0.39, 0.29) is 31.3 Å². The second-order valence-corrected chi connectivity index (χ2v) is 20.8. The van der Waals surface area contributed by atoms with Crippen LogP contribution in [0.3, 0.4) is 0 Å². The molecule has 2 aliphatic heterocycles. The van der Waals surface area contributed by atoms with Crippen molar-refractivity contribution in [1.29, 1.82) is 0 Å². The molecule has 17 heteroatoms. The van der Waals surface area contributed by atoms with E-state index in [9.17, 15) is 27.6 Å². The first-order valence-electron chi connectivity index (χ1n) is 20.8. The number of aromatic nitrogens is 3. The van der Waals surface area contributed by atoms with E-state index in [1.807, 2.05) is 48.8 Å². The van der Waals surface area contributed by atoms with Gasteiger partial charge in [-0.25, -0.2) is 18.2 Å². The van der Waals surface area contributed by atoms with Gasteiger partial charge >= 0.3 is 6.09 Å². The highest BCUT2D eigenvalue weighted by Gasteiger charge is 2.62. The standard InChI is InChI=1S/C42H57N7O8S2/c1-24(2)31-23-58-36(43-31)29-15-13-17-32-34(29)45-39(49(32)25(3)4)56-27-20-33-35(50)46-42(38(52)47-59(54,55)28-18-19-28)21-26(42)14-11-9-8-10-12-16-30(37(51)48(33)22-27)44-40(53)57-41(5,6)7/h11,13-15,17,23-28,30,33H,8-10,12,16,18-22H2,1-7H3,(H,44,53)(H,46,50)(H,47,52)/b14-11-/t26-,27-,30+,33+,42-/m1/s1. The zero-order chi connectivity index (χ0) is 42.4. The molecule has 7 rings (SSSR count). The van der Waals surface area contributed by atoms with Crippen LogP contribution in [0.15, 0.2) is 35.7 Å². The fourth-order valence-electron chi connectivity index (χ4n) is 7.97. The number of thiazole rings is 1. The summed E-state index contributed by atoms with van der Waals surface area (Å²) >= 11 is 1.56. The maximum absolute atomic E-state index is 14.7. The monoisotopic (exact) mass is 851 g/mol. The number of carbonyl (C=O) groups is 4. The summed E-state index contributed by atoms with van der Waals surface area (Å²) in [6, 6.07) is 4.05. The lowest BCUT2D eigenvalue weighted by Gasteiger charge is -2.30. The molecule has 3 N–H and O–H groups in total. The van der Waals surface area contributed by atoms with E-state index in [0.29, 0.717) is 43.6 Å². The van der Waals surface area contributed by atoms with Gasteiger partial charge in [0.15, 0.2) is 0 Å². The lowest BCUT2D eigenvalue weighted by atomic mass is 10.0. The SMILES string of the molecule is CC(C)c1csc(-c2cccc3c2nc(O[C@@H]2C[C@H]4C(=O)N[C@]5(C(=O)NS(=O)(=O)C6CC6)C[C@H]5/C=C\CCCCC[C@H](NC(=O)OC(C)(C)C)C(=O)N4C2)n3C(C)C)n1. The topological polar surface area (TPSA) is 191 Å². The zero-order valence-electron chi connectivity index (χ0n) is 34.9. The molecule has 4 amide bonds. The van der Waals surface area contributed by atoms with Gasteiger partial charge in [-0.3, -0.25) is 23.7 Å². The van der Waals surface area contributed by atoms with E-state index in [0.717, 1.165) is 34.6 Å². The Hall–Kier alpha value is -4.51. The quantitative estimate of drug-likeness (QED) is 0.212. The normalized spacial score (nSPS) is 26.1. The van der Waals surface area contributed by atoms with Gasteiger partial charge < -0.3 is 25.0 Å². The molecule has 1 aromatic carbocycles. The number of hydrogen-bond donors (Lipinski definition) is 3. The van der Waals surface area contributed by atoms with Crippen molar-refractivity contribution < 1.29 is 37.1 Å². The third kappa shape index (κ3) is 9.30. The number of carbonyl (C=O) groups excluding carboxylic acids is 4. The number of sulfonamides is 1. The number of benzene rings is 1. The van der Waals surface area contributed by atoms with E-state index in [1.165, 1.54) is 4.90 Å². The molecule has 2 aliphatic carbocycles. The molecule has 0 radical (unpaired) electrons. The molecule has 4 heterocycles.